The van der Waals surface area contributed by atoms with Crippen molar-refractivity contribution < 1.29 is 0 Å². The van der Waals surface area contributed by atoms with E-state index in [1.807, 2.05) is 6.07 Å². The van der Waals surface area contributed by atoms with Gasteiger partial charge in [-0.1, -0.05) is 11.6 Å². The van der Waals surface area contributed by atoms with Crippen LogP contribution in [0.2, 0.25) is 5.02 Å². The van der Waals surface area contributed by atoms with Gasteiger partial charge in [0.05, 0.1) is 0 Å². The summed E-state index contributed by atoms with van der Waals surface area (Å²) in [7, 11) is 2.05. The van der Waals surface area contributed by atoms with Crippen LogP contribution in [0.3, 0.4) is 0 Å². The maximum absolute atomic E-state index is 6.05. The van der Waals surface area contributed by atoms with Gasteiger partial charge in [-0.2, -0.15) is 0 Å². The van der Waals surface area contributed by atoms with Gasteiger partial charge in [0.15, 0.2) is 0 Å². The lowest BCUT2D eigenvalue weighted by Crippen LogP contribution is -2.55. The van der Waals surface area contributed by atoms with Crippen LogP contribution < -0.4 is 10.2 Å². The predicted octanol–water partition coefficient (Wildman–Crippen LogP) is 3.62. The zero-order chi connectivity index (χ0) is 13.3. The summed E-state index contributed by atoms with van der Waals surface area (Å²) in [5, 5.41) is 4.22. The number of hydrogen-bond donors (Lipinski definition) is 1. The molecule has 1 fully saturated rings. The Hall–Kier alpha value is -0.730. The molecule has 0 bridgehead atoms. The number of rotatable bonds is 2. The van der Waals surface area contributed by atoms with Gasteiger partial charge in [-0.25, -0.2) is 0 Å². The Bertz CT molecular complexity index is 429. The number of likely N-dealkylation sites (N-methyl/N-ethyl adjacent to an activating group) is 1. The smallest absolute Gasteiger partial charge is 0.0410 e. The highest BCUT2D eigenvalue weighted by Gasteiger charge is 2.34. The van der Waals surface area contributed by atoms with Crippen molar-refractivity contribution in [1.29, 1.82) is 0 Å². The van der Waals surface area contributed by atoms with Gasteiger partial charge >= 0.3 is 0 Å². The first-order valence-electron chi connectivity index (χ1n) is 6.65. The van der Waals surface area contributed by atoms with Crippen LogP contribution in [0.5, 0.6) is 0 Å². The monoisotopic (exact) mass is 266 g/mol. The fraction of sp³-hybridized carbons (Fsp3) is 0.600. The predicted molar refractivity (Wildman–Crippen MR) is 79.7 cm³/mol. The van der Waals surface area contributed by atoms with Crippen molar-refractivity contribution in [3.05, 3.63) is 28.8 Å². The van der Waals surface area contributed by atoms with Gasteiger partial charge in [0.1, 0.15) is 0 Å². The highest BCUT2D eigenvalue weighted by Crippen LogP contribution is 2.35. The molecule has 0 amide bonds. The highest BCUT2D eigenvalue weighted by atomic mass is 35.5. The molecule has 0 saturated carbocycles. The summed E-state index contributed by atoms with van der Waals surface area (Å²) in [4.78, 5) is 2.52. The molecule has 1 heterocycles. The molecule has 1 unspecified atom stereocenters. The first-order valence-corrected chi connectivity index (χ1v) is 7.03. The lowest BCUT2D eigenvalue weighted by atomic mass is 9.87. The molecule has 2 rings (SSSR count). The number of nitrogens with one attached hydrogen (secondary N) is 1. The van der Waals surface area contributed by atoms with Crippen LogP contribution in [0.1, 0.15) is 32.3 Å². The van der Waals surface area contributed by atoms with E-state index in [1.165, 1.54) is 24.1 Å². The third-order valence-corrected chi connectivity index (χ3v) is 4.33. The minimum atomic E-state index is 0.214. The highest BCUT2D eigenvalue weighted by molar-refractivity contribution is 6.30. The summed E-state index contributed by atoms with van der Waals surface area (Å²) >= 11 is 6.05. The molecule has 1 saturated heterocycles. The first-order chi connectivity index (χ1) is 8.44. The lowest BCUT2D eigenvalue weighted by Gasteiger charge is -2.47. The lowest BCUT2D eigenvalue weighted by molar-refractivity contribution is 0.313. The van der Waals surface area contributed by atoms with Crippen molar-refractivity contribution in [2.24, 2.45) is 0 Å². The molecule has 1 aromatic carbocycles. The molecule has 1 atom stereocenters. The van der Waals surface area contributed by atoms with E-state index in [-0.39, 0.29) is 5.54 Å². The van der Waals surface area contributed by atoms with E-state index in [0.29, 0.717) is 6.04 Å². The normalized spacial score (nSPS) is 23.2. The van der Waals surface area contributed by atoms with Gasteiger partial charge in [0.25, 0.3) is 0 Å². The van der Waals surface area contributed by atoms with Gasteiger partial charge in [-0.15, -0.1) is 0 Å². The number of anilines is 1. The van der Waals surface area contributed by atoms with Crippen molar-refractivity contribution in [2.45, 2.75) is 45.2 Å². The standard InChI is InChI=1S/C15H23ClN2/c1-11-9-12(16)5-6-14(11)18-10-13(17-4)7-8-15(18,2)3/h5-6,9,13,17H,7-8,10H2,1-4H3. The largest absolute Gasteiger partial charge is 0.365 e. The Morgan fingerprint density at radius 2 is 2.11 bits per heavy atom. The summed E-state index contributed by atoms with van der Waals surface area (Å²) in [6.45, 7) is 7.85. The quantitative estimate of drug-likeness (QED) is 0.880. The molecule has 0 aliphatic carbocycles. The van der Waals surface area contributed by atoms with E-state index in [9.17, 15) is 0 Å². The number of piperidine rings is 1. The summed E-state index contributed by atoms with van der Waals surface area (Å²) in [6.07, 6.45) is 2.45. The molecule has 0 spiro atoms. The molecule has 0 aromatic heterocycles. The molecule has 1 aliphatic heterocycles. The Labute approximate surface area is 115 Å². The van der Waals surface area contributed by atoms with Crippen molar-refractivity contribution in [3.63, 3.8) is 0 Å². The Morgan fingerprint density at radius 1 is 1.39 bits per heavy atom. The van der Waals surface area contributed by atoms with Crippen molar-refractivity contribution in [2.75, 3.05) is 18.5 Å². The van der Waals surface area contributed by atoms with Crippen LogP contribution in [-0.2, 0) is 0 Å². The fourth-order valence-corrected chi connectivity index (χ4v) is 3.03. The molecule has 100 valence electrons. The van der Waals surface area contributed by atoms with Gasteiger partial charge in [-0.3, -0.25) is 0 Å². The summed E-state index contributed by atoms with van der Waals surface area (Å²) in [6, 6.07) is 6.77. The minimum absolute atomic E-state index is 0.214. The maximum atomic E-state index is 6.05. The molecular weight excluding hydrogens is 244 g/mol. The second-order valence-corrected chi connectivity index (χ2v) is 6.31. The Morgan fingerprint density at radius 3 is 2.72 bits per heavy atom. The molecular formula is C15H23ClN2. The minimum Gasteiger partial charge on any atom is -0.365 e. The summed E-state index contributed by atoms with van der Waals surface area (Å²) < 4.78 is 0. The fourth-order valence-electron chi connectivity index (χ4n) is 2.80. The van der Waals surface area contributed by atoms with E-state index in [0.717, 1.165) is 11.6 Å². The van der Waals surface area contributed by atoms with E-state index in [4.69, 9.17) is 11.6 Å². The van der Waals surface area contributed by atoms with Gasteiger partial charge in [0.2, 0.25) is 0 Å². The van der Waals surface area contributed by atoms with Crippen molar-refractivity contribution >= 4 is 17.3 Å². The molecule has 1 N–H and O–H groups in total. The topological polar surface area (TPSA) is 15.3 Å². The number of aryl methyl sites for hydroxylation is 1. The van der Waals surface area contributed by atoms with Crippen molar-refractivity contribution in [1.82, 2.24) is 5.32 Å². The van der Waals surface area contributed by atoms with Crippen LogP contribution in [0, 0.1) is 6.92 Å². The summed E-state index contributed by atoms with van der Waals surface area (Å²) in [5.74, 6) is 0. The molecule has 0 radical (unpaired) electrons. The third kappa shape index (κ3) is 2.65. The maximum Gasteiger partial charge on any atom is 0.0410 e. The van der Waals surface area contributed by atoms with Crippen LogP contribution in [-0.4, -0.2) is 25.2 Å². The molecule has 1 aliphatic rings. The zero-order valence-electron chi connectivity index (χ0n) is 11.8. The third-order valence-electron chi connectivity index (χ3n) is 4.10. The SMILES string of the molecule is CNC1CCC(C)(C)N(c2ccc(Cl)cc2C)C1. The Kier molecular flexibility index (Phi) is 3.88. The molecule has 18 heavy (non-hydrogen) atoms. The Balaban J connectivity index is 2.33. The average molecular weight is 267 g/mol. The van der Waals surface area contributed by atoms with Crippen LogP contribution >= 0.6 is 11.6 Å². The zero-order valence-corrected chi connectivity index (χ0v) is 12.5. The van der Waals surface area contributed by atoms with Crippen molar-refractivity contribution in [3.8, 4) is 0 Å². The number of hydrogen-bond acceptors (Lipinski definition) is 2. The average Bonchev–Trinajstić information content (AvgIpc) is 2.30. The second kappa shape index (κ2) is 5.10. The van der Waals surface area contributed by atoms with E-state index in [2.05, 4.69) is 50.2 Å². The van der Waals surface area contributed by atoms with Gasteiger partial charge in [-0.05, 0) is 64.4 Å². The molecule has 2 nitrogen and oxygen atoms in total. The van der Waals surface area contributed by atoms with E-state index < -0.39 is 0 Å². The number of nitrogens with zero attached hydrogens (tertiary/aromatic N) is 1. The van der Waals surface area contributed by atoms with E-state index >= 15 is 0 Å². The second-order valence-electron chi connectivity index (χ2n) is 5.88. The van der Waals surface area contributed by atoms with Crippen LogP contribution in [0.4, 0.5) is 5.69 Å². The van der Waals surface area contributed by atoms with Crippen LogP contribution in [0.15, 0.2) is 18.2 Å². The number of benzene rings is 1. The first kappa shape index (κ1) is 13.7. The molecule has 1 aromatic rings. The van der Waals surface area contributed by atoms with Gasteiger partial charge < -0.3 is 10.2 Å². The van der Waals surface area contributed by atoms with Gasteiger partial charge in [0, 0.05) is 28.8 Å². The van der Waals surface area contributed by atoms with E-state index in [1.54, 1.807) is 0 Å². The van der Waals surface area contributed by atoms with Crippen LogP contribution in [0.25, 0.3) is 0 Å². The molecule has 3 heteroatoms. The number of halogens is 1. The summed E-state index contributed by atoms with van der Waals surface area (Å²) in [5.41, 5.74) is 2.78.